The number of nitrogens with zero attached hydrogens (tertiary/aromatic N) is 1. The predicted octanol–water partition coefficient (Wildman–Crippen LogP) is 2.19. The van der Waals surface area contributed by atoms with E-state index in [0.29, 0.717) is 12.3 Å². The van der Waals surface area contributed by atoms with Crippen LogP contribution in [0.5, 0.6) is 0 Å². The van der Waals surface area contributed by atoms with Gasteiger partial charge < -0.3 is 5.73 Å². The molecule has 1 atom stereocenters. The number of alkyl halides is 2. The molecule has 0 amide bonds. The number of rotatable bonds is 2. The van der Waals surface area contributed by atoms with Crippen LogP contribution in [0.3, 0.4) is 0 Å². The maximum atomic E-state index is 12.7. The van der Waals surface area contributed by atoms with E-state index >= 15 is 0 Å². The van der Waals surface area contributed by atoms with Gasteiger partial charge >= 0.3 is 0 Å². The van der Waals surface area contributed by atoms with Crippen molar-refractivity contribution >= 4 is 5.84 Å². The Labute approximate surface area is 77.2 Å². The van der Waals surface area contributed by atoms with Crippen molar-refractivity contribution in [3.8, 4) is 0 Å². The Balaban J connectivity index is 2.53. The van der Waals surface area contributed by atoms with Crippen molar-refractivity contribution in [2.45, 2.75) is 45.1 Å². The van der Waals surface area contributed by atoms with Crippen LogP contribution in [-0.2, 0) is 0 Å². The summed E-state index contributed by atoms with van der Waals surface area (Å²) in [4.78, 5) is 4.09. The molecule has 0 radical (unpaired) electrons. The fraction of sp³-hybridized carbons (Fsp3) is 0.889. The van der Waals surface area contributed by atoms with Crippen molar-refractivity contribution < 1.29 is 8.78 Å². The number of halogens is 2. The van der Waals surface area contributed by atoms with Crippen LogP contribution in [-0.4, -0.2) is 17.8 Å². The molecular weight excluding hydrogens is 174 g/mol. The second-order valence-corrected chi connectivity index (χ2v) is 3.96. The lowest BCUT2D eigenvalue weighted by atomic mass is 10.2. The van der Waals surface area contributed by atoms with Gasteiger partial charge in [-0.05, 0) is 6.42 Å². The van der Waals surface area contributed by atoms with Crippen LogP contribution in [0.1, 0.15) is 33.1 Å². The van der Waals surface area contributed by atoms with E-state index in [2.05, 4.69) is 4.99 Å². The number of aliphatic imine (C=N–C) groups is 1. The summed E-state index contributed by atoms with van der Waals surface area (Å²) in [6, 6.07) is -0.266. The molecule has 1 fully saturated rings. The molecule has 1 unspecified atom stereocenters. The SMILES string of the molecule is CC(C)C(N)=NC1CCC(F)(F)C1. The Kier molecular flexibility index (Phi) is 2.88. The Morgan fingerprint density at radius 1 is 1.54 bits per heavy atom. The quantitative estimate of drug-likeness (QED) is 0.526. The third-order valence-electron chi connectivity index (χ3n) is 2.30. The first-order chi connectivity index (χ1) is 5.91. The van der Waals surface area contributed by atoms with Crippen LogP contribution < -0.4 is 5.73 Å². The molecule has 13 heavy (non-hydrogen) atoms. The Bertz CT molecular complexity index is 212. The van der Waals surface area contributed by atoms with Crippen LogP contribution in [0.15, 0.2) is 4.99 Å². The van der Waals surface area contributed by atoms with E-state index in [4.69, 9.17) is 5.73 Å². The van der Waals surface area contributed by atoms with E-state index in [-0.39, 0.29) is 24.8 Å². The van der Waals surface area contributed by atoms with Gasteiger partial charge in [0.15, 0.2) is 0 Å². The van der Waals surface area contributed by atoms with Crippen LogP contribution in [0.2, 0.25) is 0 Å². The van der Waals surface area contributed by atoms with E-state index < -0.39 is 5.92 Å². The molecule has 0 spiro atoms. The van der Waals surface area contributed by atoms with Gasteiger partial charge in [0.2, 0.25) is 5.92 Å². The Morgan fingerprint density at radius 2 is 2.15 bits per heavy atom. The van der Waals surface area contributed by atoms with Gasteiger partial charge in [-0.1, -0.05) is 13.8 Å². The molecule has 0 aliphatic heterocycles. The summed E-state index contributed by atoms with van der Waals surface area (Å²) in [6.45, 7) is 3.82. The summed E-state index contributed by atoms with van der Waals surface area (Å²) in [5.41, 5.74) is 5.59. The first-order valence-electron chi connectivity index (χ1n) is 4.62. The predicted molar refractivity (Wildman–Crippen MR) is 49.0 cm³/mol. The molecule has 0 aromatic heterocycles. The summed E-state index contributed by atoms with van der Waals surface area (Å²) in [5.74, 6) is -1.89. The molecular formula is C9H16F2N2. The molecule has 2 N–H and O–H groups in total. The maximum Gasteiger partial charge on any atom is 0.250 e. The molecule has 76 valence electrons. The van der Waals surface area contributed by atoms with Gasteiger partial charge in [0.05, 0.1) is 11.9 Å². The zero-order valence-electron chi connectivity index (χ0n) is 8.06. The van der Waals surface area contributed by atoms with Crippen molar-refractivity contribution in [1.29, 1.82) is 0 Å². The Morgan fingerprint density at radius 3 is 2.54 bits per heavy atom. The summed E-state index contributed by atoms with van der Waals surface area (Å²) in [6.07, 6.45) is 0.271. The van der Waals surface area contributed by atoms with Crippen LogP contribution in [0, 0.1) is 5.92 Å². The average molecular weight is 190 g/mol. The fourth-order valence-corrected chi connectivity index (χ4v) is 1.40. The van der Waals surface area contributed by atoms with Crippen molar-refractivity contribution in [1.82, 2.24) is 0 Å². The lowest BCUT2D eigenvalue weighted by molar-refractivity contribution is 0.00808. The minimum absolute atomic E-state index is 0.0491. The van der Waals surface area contributed by atoms with Crippen LogP contribution in [0.4, 0.5) is 8.78 Å². The molecule has 4 heteroatoms. The van der Waals surface area contributed by atoms with Crippen LogP contribution >= 0.6 is 0 Å². The van der Waals surface area contributed by atoms with Gasteiger partial charge in [-0.15, -0.1) is 0 Å². The molecule has 1 saturated carbocycles. The summed E-state index contributed by atoms with van der Waals surface area (Å²) in [5, 5.41) is 0. The minimum Gasteiger partial charge on any atom is -0.387 e. The highest BCUT2D eigenvalue weighted by Crippen LogP contribution is 2.36. The molecule has 0 bridgehead atoms. The molecule has 0 saturated heterocycles. The van der Waals surface area contributed by atoms with Crippen LogP contribution in [0.25, 0.3) is 0 Å². The average Bonchev–Trinajstić information content (AvgIpc) is 2.30. The third kappa shape index (κ3) is 2.94. The van der Waals surface area contributed by atoms with E-state index in [1.807, 2.05) is 13.8 Å². The molecule has 1 aliphatic rings. The monoisotopic (exact) mass is 190 g/mol. The highest BCUT2D eigenvalue weighted by molar-refractivity contribution is 5.82. The molecule has 0 aromatic carbocycles. The van der Waals surface area contributed by atoms with Gasteiger partial charge in [-0.25, -0.2) is 8.78 Å². The molecule has 2 nitrogen and oxygen atoms in total. The number of hydrogen-bond donors (Lipinski definition) is 1. The first kappa shape index (κ1) is 10.4. The van der Waals surface area contributed by atoms with E-state index in [1.165, 1.54) is 0 Å². The minimum atomic E-state index is -2.52. The summed E-state index contributed by atoms with van der Waals surface area (Å²) in [7, 11) is 0. The lowest BCUT2D eigenvalue weighted by Gasteiger charge is -2.09. The lowest BCUT2D eigenvalue weighted by Crippen LogP contribution is -2.22. The van der Waals surface area contributed by atoms with Gasteiger partial charge in [-0.2, -0.15) is 0 Å². The number of hydrogen-bond acceptors (Lipinski definition) is 1. The van der Waals surface area contributed by atoms with E-state index in [0.717, 1.165) is 0 Å². The third-order valence-corrected chi connectivity index (χ3v) is 2.30. The Hall–Kier alpha value is -0.670. The van der Waals surface area contributed by atoms with Crippen molar-refractivity contribution in [3.63, 3.8) is 0 Å². The molecule has 0 heterocycles. The van der Waals surface area contributed by atoms with Gasteiger partial charge in [0.25, 0.3) is 0 Å². The van der Waals surface area contributed by atoms with Crippen molar-refractivity contribution in [3.05, 3.63) is 0 Å². The highest BCUT2D eigenvalue weighted by Gasteiger charge is 2.39. The van der Waals surface area contributed by atoms with Gasteiger partial charge in [0, 0.05) is 18.8 Å². The van der Waals surface area contributed by atoms with Gasteiger partial charge in [0.1, 0.15) is 0 Å². The number of amidine groups is 1. The number of nitrogens with two attached hydrogens (primary N) is 1. The summed E-state index contributed by atoms with van der Waals surface area (Å²) >= 11 is 0. The summed E-state index contributed by atoms with van der Waals surface area (Å²) < 4.78 is 25.5. The molecule has 1 aliphatic carbocycles. The molecule has 1 rings (SSSR count). The zero-order chi connectivity index (χ0) is 10.1. The first-order valence-corrected chi connectivity index (χ1v) is 4.62. The van der Waals surface area contributed by atoms with Crippen molar-refractivity contribution in [2.24, 2.45) is 16.6 Å². The smallest absolute Gasteiger partial charge is 0.250 e. The maximum absolute atomic E-state index is 12.7. The van der Waals surface area contributed by atoms with E-state index in [1.54, 1.807) is 0 Å². The standard InChI is InChI=1S/C9H16F2N2/c1-6(2)8(12)13-7-3-4-9(10,11)5-7/h6-7H,3-5H2,1-2H3,(H2,12,13). The normalized spacial score (nSPS) is 28.4. The second kappa shape index (κ2) is 3.60. The second-order valence-electron chi connectivity index (χ2n) is 3.96. The highest BCUT2D eigenvalue weighted by atomic mass is 19.3. The van der Waals surface area contributed by atoms with E-state index in [9.17, 15) is 8.78 Å². The zero-order valence-corrected chi connectivity index (χ0v) is 8.06. The van der Waals surface area contributed by atoms with Gasteiger partial charge in [-0.3, -0.25) is 4.99 Å². The van der Waals surface area contributed by atoms with Crippen molar-refractivity contribution in [2.75, 3.05) is 0 Å². The topological polar surface area (TPSA) is 38.4 Å². The largest absolute Gasteiger partial charge is 0.387 e. The molecule has 0 aromatic rings. The fourth-order valence-electron chi connectivity index (χ4n) is 1.40.